The quantitative estimate of drug-likeness (QED) is 0.670. The Morgan fingerprint density at radius 1 is 1.29 bits per heavy atom. The number of nitro benzene ring substituents is 1. The molecule has 0 radical (unpaired) electrons. The van der Waals surface area contributed by atoms with Gasteiger partial charge in [0, 0.05) is 18.7 Å². The predicted octanol–water partition coefficient (Wildman–Crippen LogP) is 3.89. The average molecular weight is 288 g/mol. The Morgan fingerprint density at radius 3 is 2.67 bits per heavy atom. The smallest absolute Gasteiger partial charge is 0.272 e. The van der Waals surface area contributed by atoms with Crippen molar-refractivity contribution in [2.24, 2.45) is 0 Å². The summed E-state index contributed by atoms with van der Waals surface area (Å²) in [5, 5.41) is 14.0. The summed E-state index contributed by atoms with van der Waals surface area (Å²) in [4.78, 5) is 10.1. The van der Waals surface area contributed by atoms with Crippen LogP contribution in [0.4, 0.5) is 10.1 Å². The molecule has 0 bridgehead atoms. The number of hydrogen-bond donors (Lipinski definition) is 1. The number of halogens is 1. The van der Waals surface area contributed by atoms with E-state index in [9.17, 15) is 14.5 Å². The minimum atomic E-state index is -0.593. The van der Waals surface area contributed by atoms with Crippen molar-refractivity contribution in [2.45, 2.75) is 26.4 Å². The van der Waals surface area contributed by atoms with Crippen molar-refractivity contribution in [3.8, 4) is 0 Å². The van der Waals surface area contributed by atoms with E-state index in [0.29, 0.717) is 12.1 Å². The highest BCUT2D eigenvalue weighted by Gasteiger charge is 2.11. The molecule has 1 atom stereocenters. The van der Waals surface area contributed by atoms with Gasteiger partial charge >= 0.3 is 0 Å². The summed E-state index contributed by atoms with van der Waals surface area (Å²) < 4.78 is 13.4. The van der Waals surface area contributed by atoms with Crippen molar-refractivity contribution < 1.29 is 9.31 Å². The van der Waals surface area contributed by atoms with E-state index in [0.717, 1.165) is 11.6 Å². The second-order valence-electron chi connectivity index (χ2n) is 5.03. The number of nitrogens with one attached hydrogen (secondary N) is 1. The second-order valence-corrected chi connectivity index (χ2v) is 5.03. The Hall–Kier alpha value is -2.27. The Bertz CT molecular complexity index is 658. The van der Waals surface area contributed by atoms with E-state index in [-0.39, 0.29) is 11.7 Å². The van der Waals surface area contributed by atoms with Gasteiger partial charge < -0.3 is 5.32 Å². The van der Waals surface area contributed by atoms with Crippen molar-refractivity contribution in [1.82, 2.24) is 5.32 Å². The monoisotopic (exact) mass is 288 g/mol. The summed E-state index contributed by atoms with van der Waals surface area (Å²) in [6.07, 6.45) is 0. The normalized spacial score (nSPS) is 12.1. The zero-order valence-electron chi connectivity index (χ0n) is 12.0. The molecular formula is C16H17FN2O2. The van der Waals surface area contributed by atoms with E-state index in [1.165, 1.54) is 17.7 Å². The number of hydrogen-bond acceptors (Lipinski definition) is 3. The van der Waals surface area contributed by atoms with Crippen LogP contribution in [0.3, 0.4) is 0 Å². The fourth-order valence-electron chi connectivity index (χ4n) is 2.29. The van der Waals surface area contributed by atoms with Crippen LogP contribution in [0.1, 0.15) is 29.7 Å². The van der Waals surface area contributed by atoms with Crippen LogP contribution in [-0.4, -0.2) is 4.92 Å². The van der Waals surface area contributed by atoms with E-state index in [2.05, 4.69) is 5.32 Å². The second kappa shape index (κ2) is 6.45. The van der Waals surface area contributed by atoms with Crippen LogP contribution >= 0.6 is 0 Å². The Morgan fingerprint density at radius 2 is 2.00 bits per heavy atom. The van der Waals surface area contributed by atoms with Gasteiger partial charge in [-0.05, 0) is 36.6 Å². The van der Waals surface area contributed by atoms with Crippen LogP contribution in [-0.2, 0) is 6.54 Å². The Kier molecular flexibility index (Phi) is 4.65. The highest BCUT2D eigenvalue weighted by molar-refractivity contribution is 5.35. The lowest BCUT2D eigenvalue weighted by Gasteiger charge is -2.16. The lowest BCUT2D eigenvalue weighted by molar-refractivity contribution is -0.385. The molecule has 1 unspecified atom stereocenters. The highest BCUT2D eigenvalue weighted by Crippen LogP contribution is 2.19. The van der Waals surface area contributed by atoms with Crippen molar-refractivity contribution in [2.75, 3.05) is 0 Å². The summed E-state index contributed by atoms with van der Waals surface area (Å²) in [5.74, 6) is -0.593. The van der Waals surface area contributed by atoms with E-state index < -0.39 is 10.7 Å². The molecule has 2 aromatic carbocycles. The third kappa shape index (κ3) is 3.86. The van der Waals surface area contributed by atoms with Gasteiger partial charge in [0.2, 0.25) is 0 Å². The molecule has 2 aromatic rings. The van der Waals surface area contributed by atoms with Crippen LogP contribution in [0, 0.1) is 22.9 Å². The third-order valence-electron chi connectivity index (χ3n) is 3.42. The first-order chi connectivity index (χ1) is 9.97. The SMILES string of the molecule is Cc1ccccc1C(C)NCc1cc(F)cc([N+](=O)[O-])c1. The van der Waals surface area contributed by atoms with Gasteiger partial charge in [-0.3, -0.25) is 10.1 Å². The summed E-state index contributed by atoms with van der Waals surface area (Å²) in [5.41, 5.74) is 2.66. The third-order valence-corrected chi connectivity index (χ3v) is 3.42. The molecule has 0 aliphatic carbocycles. The Labute approximate surface area is 122 Å². The van der Waals surface area contributed by atoms with Gasteiger partial charge in [0.05, 0.1) is 11.0 Å². The van der Waals surface area contributed by atoms with Gasteiger partial charge in [0.15, 0.2) is 0 Å². The highest BCUT2D eigenvalue weighted by atomic mass is 19.1. The maximum absolute atomic E-state index is 13.4. The molecule has 0 aliphatic rings. The molecule has 2 rings (SSSR count). The lowest BCUT2D eigenvalue weighted by atomic mass is 10.0. The van der Waals surface area contributed by atoms with E-state index in [4.69, 9.17) is 0 Å². The summed E-state index contributed by atoms with van der Waals surface area (Å²) in [6.45, 7) is 4.41. The molecule has 1 N–H and O–H groups in total. The first-order valence-corrected chi connectivity index (χ1v) is 6.70. The first kappa shape index (κ1) is 15.1. The molecule has 0 aromatic heterocycles. The van der Waals surface area contributed by atoms with E-state index in [1.54, 1.807) is 0 Å². The van der Waals surface area contributed by atoms with Gasteiger partial charge in [0.25, 0.3) is 5.69 Å². The zero-order valence-corrected chi connectivity index (χ0v) is 12.0. The number of non-ortho nitro benzene ring substituents is 1. The number of benzene rings is 2. The summed E-state index contributed by atoms with van der Waals surface area (Å²) >= 11 is 0. The predicted molar refractivity (Wildman–Crippen MR) is 79.5 cm³/mol. The van der Waals surface area contributed by atoms with Gasteiger partial charge in [-0.25, -0.2) is 4.39 Å². The molecule has 0 saturated carbocycles. The molecule has 0 amide bonds. The molecule has 21 heavy (non-hydrogen) atoms. The van der Waals surface area contributed by atoms with Crippen molar-refractivity contribution in [3.05, 3.63) is 75.1 Å². The zero-order chi connectivity index (χ0) is 15.4. The molecule has 0 saturated heterocycles. The molecular weight excluding hydrogens is 271 g/mol. The number of rotatable bonds is 5. The number of aryl methyl sites for hydroxylation is 1. The van der Waals surface area contributed by atoms with Crippen LogP contribution in [0.5, 0.6) is 0 Å². The molecule has 110 valence electrons. The number of nitrogens with zero attached hydrogens (tertiary/aromatic N) is 1. The maximum Gasteiger partial charge on any atom is 0.272 e. The van der Waals surface area contributed by atoms with Gasteiger partial charge in [-0.15, -0.1) is 0 Å². The standard InChI is InChI=1S/C16H17FN2O2/c1-11-5-3-4-6-16(11)12(2)18-10-13-7-14(17)9-15(8-13)19(20)21/h3-9,12,18H,10H2,1-2H3. The maximum atomic E-state index is 13.4. The van der Waals surface area contributed by atoms with Crippen LogP contribution < -0.4 is 5.32 Å². The minimum Gasteiger partial charge on any atom is -0.306 e. The summed E-state index contributed by atoms with van der Waals surface area (Å²) in [7, 11) is 0. The van der Waals surface area contributed by atoms with Crippen LogP contribution in [0.25, 0.3) is 0 Å². The molecule has 5 heteroatoms. The van der Waals surface area contributed by atoms with Gasteiger partial charge in [-0.1, -0.05) is 24.3 Å². The van der Waals surface area contributed by atoms with Crippen molar-refractivity contribution in [1.29, 1.82) is 0 Å². The molecule has 0 aliphatic heterocycles. The average Bonchev–Trinajstić information content (AvgIpc) is 2.44. The topological polar surface area (TPSA) is 55.2 Å². The molecule has 0 spiro atoms. The van der Waals surface area contributed by atoms with Crippen LogP contribution in [0.15, 0.2) is 42.5 Å². The molecule has 0 fully saturated rings. The molecule has 4 nitrogen and oxygen atoms in total. The van der Waals surface area contributed by atoms with E-state index in [1.807, 2.05) is 38.1 Å². The fourth-order valence-corrected chi connectivity index (χ4v) is 2.29. The first-order valence-electron chi connectivity index (χ1n) is 6.70. The van der Waals surface area contributed by atoms with Crippen molar-refractivity contribution >= 4 is 5.69 Å². The number of nitro groups is 1. The minimum absolute atomic E-state index is 0.0773. The van der Waals surface area contributed by atoms with Gasteiger partial charge in [0.1, 0.15) is 5.82 Å². The largest absolute Gasteiger partial charge is 0.306 e. The van der Waals surface area contributed by atoms with Gasteiger partial charge in [-0.2, -0.15) is 0 Å². The van der Waals surface area contributed by atoms with Crippen molar-refractivity contribution in [3.63, 3.8) is 0 Å². The van der Waals surface area contributed by atoms with Crippen LogP contribution in [0.2, 0.25) is 0 Å². The molecule has 0 heterocycles. The summed E-state index contributed by atoms with van der Waals surface area (Å²) in [6, 6.07) is 11.7. The van der Waals surface area contributed by atoms with E-state index >= 15 is 0 Å². The fraction of sp³-hybridized carbons (Fsp3) is 0.250. The Balaban J connectivity index is 2.09. The lowest BCUT2D eigenvalue weighted by Crippen LogP contribution is -2.19.